The summed E-state index contributed by atoms with van der Waals surface area (Å²) in [6.45, 7) is 6.87. The normalized spacial score (nSPS) is 15.5. The molecule has 1 aliphatic heterocycles. The summed E-state index contributed by atoms with van der Waals surface area (Å²) in [6, 6.07) is 1.98. The zero-order valence-electron chi connectivity index (χ0n) is 12.8. The first-order chi connectivity index (χ1) is 9.81. The number of aromatic nitrogens is 2. The van der Waals surface area contributed by atoms with Gasteiger partial charge in [0, 0.05) is 26.1 Å². The molecule has 5 heteroatoms. The Kier molecular flexibility index (Phi) is 6.05. The van der Waals surface area contributed by atoms with Crippen LogP contribution in [0.25, 0.3) is 0 Å². The van der Waals surface area contributed by atoms with Crippen LogP contribution in [0, 0.1) is 0 Å². The molecule has 0 amide bonds. The summed E-state index contributed by atoms with van der Waals surface area (Å²) in [5, 5.41) is 6.53. The third-order valence-corrected chi connectivity index (χ3v) is 3.66. The SMILES string of the molecule is CCCc1nc(NC)cc(NCCCN2CCCC2)n1. The predicted octanol–water partition coefficient (Wildman–Crippen LogP) is 2.37. The fourth-order valence-electron chi connectivity index (χ4n) is 2.58. The number of hydrogen-bond acceptors (Lipinski definition) is 5. The minimum absolute atomic E-state index is 0.894. The van der Waals surface area contributed by atoms with Crippen molar-refractivity contribution in [3.63, 3.8) is 0 Å². The molecule has 2 rings (SSSR count). The molecule has 0 aromatic carbocycles. The number of hydrogen-bond donors (Lipinski definition) is 2. The maximum Gasteiger partial charge on any atom is 0.133 e. The molecule has 20 heavy (non-hydrogen) atoms. The molecule has 0 bridgehead atoms. The summed E-state index contributed by atoms with van der Waals surface area (Å²) in [4.78, 5) is 11.6. The third kappa shape index (κ3) is 4.63. The fourth-order valence-corrected chi connectivity index (χ4v) is 2.58. The van der Waals surface area contributed by atoms with Gasteiger partial charge in [-0.3, -0.25) is 0 Å². The van der Waals surface area contributed by atoms with Gasteiger partial charge in [-0.15, -0.1) is 0 Å². The van der Waals surface area contributed by atoms with Crippen molar-refractivity contribution in [1.82, 2.24) is 14.9 Å². The second-order valence-electron chi connectivity index (χ2n) is 5.38. The van der Waals surface area contributed by atoms with Crippen molar-refractivity contribution < 1.29 is 0 Å². The van der Waals surface area contributed by atoms with E-state index in [1.165, 1.54) is 38.9 Å². The fraction of sp³-hybridized carbons (Fsp3) is 0.733. The molecule has 1 fully saturated rings. The molecule has 0 spiro atoms. The van der Waals surface area contributed by atoms with Gasteiger partial charge in [-0.1, -0.05) is 6.92 Å². The van der Waals surface area contributed by atoms with Crippen molar-refractivity contribution in [2.45, 2.75) is 39.0 Å². The van der Waals surface area contributed by atoms with Gasteiger partial charge in [0.2, 0.25) is 0 Å². The lowest BCUT2D eigenvalue weighted by Gasteiger charge is -2.15. The van der Waals surface area contributed by atoms with E-state index in [-0.39, 0.29) is 0 Å². The molecule has 0 unspecified atom stereocenters. The Labute approximate surface area is 122 Å². The first-order valence-electron chi connectivity index (χ1n) is 7.83. The monoisotopic (exact) mass is 277 g/mol. The molecule has 1 aromatic rings. The lowest BCUT2D eigenvalue weighted by atomic mass is 10.3. The van der Waals surface area contributed by atoms with Crippen LogP contribution in [-0.4, -0.2) is 48.1 Å². The summed E-state index contributed by atoms with van der Waals surface area (Å²) >= 11 is 0. The topological polar surface area (TPSA) is 53.1 Å². The molecule has 0 saturated carbocycles. The molecule has 112 valence electrons. The van der Waals surface area contributed by atoms with Crippen LogP contribution < -0.4 is 10.6 Å². The Balaban J connectivity index is 1.79. The molecule has 1 aromatic heterocycles. The minimum Gasteiger partial charge on any atom is -0.373 e. The Hall–Kier alpha value is -1.36. The van der Waals surface area contributed by atoms with Gasteiger partial charge in [0.25, 0.3) is 0 Å². The maximum atomic E-state index is 4.56. The Bertz CT molecular complexity index is 401. The van der Waals surface area contributed by atoms with Gasteiger partial charge < -0.3 is 15.5 Å². The van der Waals surface area contributed by atoms with E-state index in [0.29, 0.717) is 0 Å². The molecular weight excluding hydrogens is 250 g/mol. The van der Waals surface area contributed by atoms with Gasteiger partial charge in [0.1, 0.15) is 17.5 Å². The molecule has 5 nitrogen and oxygen atoms in total. The van der Waals surface area contributed by atoms with Gasteiger partial charge in [-0.2, -0.15) is 0 Å². The zero-order valence-corrected chi connectivity index (χ0v) is 12.8. The van der Waals surface area contributed by atoms with E-state index in [4.69, 9.17) is 0 Å². The van der Waals surface area contributed by atoms with Gasteiger partial charge in [-0.25, -0.2) is 9.97 Å². The summed E-state index contributed by atoms with van der Waals surface area (Å²) in [7, 11) is 1.90. The molecule has 0 atom stereocenters. The number of nitrogens with zero attached hydrogens (tertiary/aromatic N) is 3. The average Bonchev–Trinajstić information content (AvgIpc) is 2.97. The number of nitrogens with one attached hydrogen (secondary N) is 2. The van der Waals surface area contributed by atoms with Gasteiger partial charge in [0.05, 0.1) is 0 Å². The molecule has 2 N–H and O–H groups in total. The van der Waals surface area contributed by atoms with Crippen LogP contribution in [0.2, 0.25) is 0 Å². The first-order valence-corrected chi connectivity index (χ1v) is 7.83. The molecule has 2 heterocycles. The largest absolute Gasteiger partial charge is 0.373 e. The number of anilines is 2. The van der Waals surface area contributed by atoms with Crippen LogP contribution in [0.15, 0.2) is 6.07 Å². The summed E-state index contributed by atoms with van der Waals surface area (Å²) in [5.74, 6) is 2.75. The Morgan fingerprint density at radius 2 is 1.95 bits per heavy atom. The van der Waals surface area contributed by atoms with E-state index >= 15 is 0 Å². The maximum absolute atomic E-state index is 4.56. The van der Waals surface area contributed by atoms with Crippen LogP contribution in [0.1, 0.15) is 38.4 Å². The highest BCUT2D eigenvalue weighted by Crippen LogP contribution is 2.12. The molecule has 1 saturated heterocycles. The molecule has 0 radical (unpaired) electrons. The highest BCUT2D eigenvalue weighted by molar-refractivity contribution is 5.47. The molecule has 0 aliphatic carbocycles. The summed E-state index contributed by atoms with van der Waals surface area (Å²) in [6.07, 6.45) is 5.90. The third-order valence-electron chi connectivity index (χ3n) is 3.66. The molecular formula is C15H27N5. The van der Waals surface area contributed by atoms with Crippen molar-refractivity contribution in [3.8, 4) is 0 Å². The highest BCUT2D eigenvalue weighted by atomic mass is 15.1. The number of likely N-dealkylation sites (tertiary alicyclic amines) is 1. The van der Waals surface area contributed by atoms with E-state index in [1.807, 2.05) is 13.1 Å². The van der Waals surface area contributed by atoms with E-state index in [1.54, 1.807) is 0 Å². The number of rotatable bonds is 8. The van der Waals surface area contributed by atoms with Crippen LogP contribution in [0.5, 0.6) is 0 Å². The van der Waals surface area contributed by atoms with Crippen LogP contribution >= 0.6 is 0 Å². The zero-order chi connectivity index (χ0) is 14.2. The van der Waals surface area contributed by atoms with Crippen LogP contribution in [0.4, 0.5) is 11.6 Å². The van der Waals surface area contributed by atoms with Gasteiger partial charge in [-0.05, 0) is 45.3 Å². The predicted molar refractivity (Wildman–Crippen MR) is 84.4 cm³/mol. The lowest BCUT2D eigenvalue weighted by Crippen LogP contribution is -2.22. The van der Waals surface area contributed by atoms with Crippen molar-refractivity contribution in [1.29, 1.82) is 0 Å². The average molecular weight is 277 g/mol. The van der Waals surface area contributed by atoms with Gasteiger partial charge in [0.15, 0.2) is 0 Å². The van der Waals surface area contributed by atoms with Crippen molar-refractivity contribution in [2.24, 2.45) is 0 Å². The second kappa shape index (κ2) is 8.04. The number of aryl methyl sites for hydroxylation is 1. The van der Waals surface area contributed by atoms with Gasteiger partial charge >= 0.3 is 0 Å². The summed E-state index contributed by atoms with van der Waals surface area (Å²) < 4.78 is 0. The van der Waals surface area contributed by atoms with Crippen molar-refractivity contribution in [3.05, 3.63) is 11.9 Å². The van der Waals surface area contributed by atoms with E-state index in [0.717, 1.165) is 36.8 Å². The van der Waals surface area contributed by atoms with Crippen LogP contribution in [-0.2, 0) is 6.42 Å². The Morgan fingerprint density at radius 3 is 2.65 bits per heavy atom. The lowest BCUT2D eigenvalue weighted by molar-refractivity contribution is 0.337. The summed E-state index contributed by atoms with van der Waals surface area (Å²) in [5.41, 5.74) is 0. The Morgan fingerprint density at radius 1 is 1.20 bits per heavy atom. The first kappa shape index (κ1) is 15.0. The highest BCUT2D eigenvalue weighted by Gasteiger charge is 2.10. The second-order valence-corrected chi connectivity index (χ2v) is 5.38. The van der Waals surface area contributed by atoms with Crippen LogP contribution in [0.3, 0.4) is 0 Å². The smallest absolute Gasteiger partial charge is 0.133 e. The van der Waals surface area contributed by atoms with E-state index in [2.05, 4.69) is 32.4 Å². The van der Waals surface area contributed by atoms with Crippen molar-refractivity contribution >= 4 is 11.6 Å². The minimum atomic E-state index is 0.894. The van der Waals surface area contributed by atoms with Crippen molar-refractivity contribution in [2.75, 3.05) is 43.9 Å². The molecule has 1 aliphatic rings. The van der Waals surface area contributed by atoms with E-state index in [9.17, 15) is 0 Å². The van der Waals surface area contributed by atoms with E-state index < -0.39 is 0 Å². The quantitative estimate of drug-likeness (QED) is 0.715. The standard InChI is InChI=1S/C15H27N5/c1-3-7-13-18-14(16-2)12-15(19-13)17-8-6-11-20-9-4-5-10-20/h12H,3-11H2,1-2H3,(H2,16,17,18,19).